The maximum atomic E-state index is 13.0. The molecule has 1 heterocycles. The minimum atomic E-state index is -0.635. The number of aryl methyl sites for hydroxylation is 1. The molecule has 0 aromatic heterocycles. The second-order valence-corrected chi connectivity index (χ2v) is 7.46. The largest absolute Gasteiger partial charge is 0.481 e. The molecule has 3 rings (SSSR count). The smallest absolute Gasteiger partial charge is 0.265 e. The highest BCUT2D eigenvalue weighted by Gasteiger charge is 2.25. The average Bonchev–Trinajstić information content (AvgIpc) is 2.73. The molecule has 0 saturated carbocycles. The fourth-order valence-electron chi connectivity index (χ4n) is 3.28. The van der Waals surface area contributed by atoms with Gasteiger partial charge in [0.15, 0.2) is 6.10 Å². The number of amides is 2. The van der Waals surface area contributed by atoms with Crippen LogP contribution in [-0.4, -0.2) is 60.9 Å². The quantitative estimate of drug-likeness (QED) is 0.816. The first kappa shape index (κ1) is 20.9. The third-order valence-corrected chi connectivity index (χ3v) is 5.17. The third kappa shape index (κ3) is 5.35. The predicted octanol–water partition coefficient (Wildman–Crippen LogP) is 3.18. The van der Waals surface area contributed by atoms with Crippen LogP contribution in [0, 0.1) is 6.92 Å². The minimum absolute atomic E-state index is 0.0542. The molecule has 6 heteroatoms. The number of anilines is 1. The predicted molar refractivity (Wildman–Crippen MR) is 114 cm³/mol. The van der Waals surface area contributed by atoms with Crippen molar-refractivity contribution < 1.29 is 14.3 Å². The van der Waals surface area contributed by atoms with Crippen LogP contribution in [0.4, 0.5) is 5.69 Å². The highest BCUT2D eigenvalue weighted by Crippen LogP contribution is 2.20. The molecular weight excluding hydrogens is 366 g/mol. The molecule has 0 spiro atoms. The van der Waals surface area contributed by atoms with Crippen LogP contribution in [0.5, 0.6) is 5.75 Å². The van der Waals surface area contributed by atoms with Crippen LogP contribution >= 0.6 is 0 Å². The number of piperazine rings is 1. The van der Waals surface area contributed by atoms with E-state index < -0.39 is 6.10 Å². The van der Waals surface area contributed by atoms with Crippen LogP contribution in [0.15, 0.2) is 48.5 Å². The Hall–Kier alpha value is -2.86. The van der Waals surface area contributed by atoms with Crippen molar-refractivity contribution in [2.45, 2.75) is 26.4 Å². The Morgan fingerprint density at radius 3 is 2.34 bits per heavy atom. The molecule has 1 unspecified atom stereocenters. The summed E-state index contributed by atoms with van der Waals surface area (Å²) in [6, 6.07) is 14.8. The van der Waals surface area contributed by atoms with Crippen LogP contribution in [0.3, 0.4) is 0 Å². The van der Waals surface area contributed by atoms with Gasteiger partial charge in [-0.25, -0.2) is 0 Å². The van der Waals surface area contributed by atoms with E-state index in [0.717, 1.165) is 18.7 Å². The van der Waals surface area contributed by atoms with Gasteiger partial charge in [-0.1, -0.05) is 36.8 Å². The van der Waals surface area contributed by atoms with Gasteiger partial charge in [0.1, 0.15) is 5.75 Å². The molecule has 1 N–H and O–H groups in total. The normalized spacial score (nSPS) is 15.6. The Morgan fingerprint density at radius 1 is 1.03 bits per heavy atom. The lowest BCUT2D eigenvalue weighted by Gasteiger charge is -2.32. The van der Waals surface area contributed by atoms with Crippen molar-refractivity contribution >= 4 is 17.5 Å². The van der Waals surface area contributed by atoms with E-state index in [2.05, 4.69) is 17.3 Å². The van der Waals surface area contributed by atoms with E-state index in [-0.39, 0.29) is 11.8 Å². The molecule has 2 aromatic carbocycles. The molecule has 1 fully saturated rings. The van der Waals surface area contributed by atoms with E-state index in [1.807, 2.05) is 55.1 Å². The van der Waals surface area contributed by atoms with Gasteiger partial charge in [-0.15, -0.1) is 0 Å². The van der Waals surface area contributed by atoms with Crippen LogP contribution in [0.2, 0.25) is 0 Å². The number of hydrogen-bond donors (Lipinski definition) is 1. The maximum absolute atomic E-state index is 13.0. The lowest BCUT2D eigenvalue weighted by Crippen LogP contribution is -2.47. The van der Waals surface area contributed by atoms with E-state index in [4.69, 9.17) is 4.74 Å². The fraction of sp³-hybridized carbons (Fsp3) is 0.391. The Balaban J connectivity index is 1.71. The van der Waals surface area contributed by atoms with E-state index in [1.165, 1.54) is 0 Å². The Labute approximate surface area is 172 Å². The fourth-order valence-corrected chi connectivity index (χ4v) is 3.28. The van der Waals surface area contributed by atoms with E-state index in [0.29, 0.717) is 36.5 Å². The molecule has 1 saturated heterocycles. The van der Waals surface area contributed by atoms with E-state index >= 15 is 0 Å². The number of ether oxygens (including phenoxy) is 1. The average molecular weight is 396 g/mol. The number of hydrogen-bond acceptors (Lipinski definition) is 4. The molecule has 29 heavy (non-hydrogen) atoms. The number of rotatable bonds is 6. The monoisotopic (exact) mass is 395 g/mol. The van der Waals surface area contributed by atoms with Crippen molar-refractivity contribution in [1.82, 2.24) is 9.80 Å². The summed E-state index contributed by atoms with van der Waals surface area (Å²) >= 11 is 0. The standard InChI is InChI=1S/C23H29N3O3/c1-4-21(29-18-11-9-17(2)10-12-18)22(27)24-20-8-6-5-7-19(20)23(28)26-15-13-25(3)14-16-26/h5-12,21H,4,13-16H2,1-3H3,(H,24,27). The highest BCUT2D eigenvalue weighted by atomic mass is 16.5. The van der Waals surface area contributed by atoms with Gasteiger partial charge in [0.2, 0.25) is 0 Å². The number of benzene rings is 2. The number of likely N-dealkylation sites (N-methyl/N-ethyl adjacent to an activating group) is 1. The summed E-state index contributed by atoms with van der Waals surface area (Å²) in [5, 5.41) is 2.90. The maximum Gasteiger partial charge on any atom is 0.265 e. The molecule has 154 valence electrons. The van der Waals surface area contributed by atoms with E-state index in [9.17, 15) is 9.59 Å². The summed E-state index contributed by atoms with van der Waals surface area (Å²) in [4.78, 5) is 29.9. The number of carbonyl (C=O) groups is 2. The number of nitrogens with one attached hydrogen (secondary N) is 1. The zero-order chi connectivity index (χ0) is 20.8. The van der Waals surface area contributed by atoms with Crippen molar-refractivity contribution in [2.24, 2.45) is 0 Å². The van der Waals surface area contributed by atoms with Crippen LogP contribution in [0.1, 0.15) is 29.3 Å². The zero-order valence-corrected chi connectivity index (χ0v) is 17.4. The Kier molecular flexibility index (Phi) is 6.88. The topological polar surface area (TPSA) is 61.9 Å². The number of carbonyl (C=O) groups excluding carboxylic acids is 2. The summed E-state index contributed by atoms with van der Waals surface area (Å²) in [5.74, 6) is 0.340. The van der Waals surface area contributed by atoms with Gasteiger partial charge in [-0.2, -0.15) is 0 Å². The Morgan fingerprint density at radius 2 is 1.69 bits per heavy atom. The SMILES string of the molecule is CCC(Oc1ccc(C)cc1)C(=O)Nc1ccccc1C(=O)N1CCN(C)CC1. The molecule has 2 amide bonds. The molecule has 1 aliphatic heterocycles. The number of nitrogens with zero attached hydrogens (tertiary/aromatic N) is 2. The minimum Gasteiger partial charge on any atom is -0.481 e. The van der Waals surface area contributed by atoms with Crippen molar-refractivity contribution in [3.8, 4) is 5.75 Å². The first-order valence-electron chi connectivity index (χ1n) is 10.1. The van der Waals surface area contributed by atoms with Gasteiger partial charge in [0, 0.05) is 26.2 Å². The second-order valence-electron chi connectivity index (χ2n) is 7.46. The van der Waals surface area contributed by atoms with Crippen LogP contribution in [0.25, 0.3) is 0 Å². The summed E-state index contributed by atoms with van der Waals surface area (Å²) < 4.78 is 5.87. The van der Waals surface area contributed by atoms with Crippen molar-refractivity contribution in [2.75, 3.05) is 38.5 Å². The van der Waals surface area contributed by atoms with Crippen LogP contribution < -0.4 is 10.1 Å². The van der Waals surface area contributed by atoms with Gasteiger partial charge < -0.3 is 19.9 Å². The third-order valence-electron chi connectivity index (χ3n) is 5.17. The second kappa shape index (κ2) is 9.56. The zero-order valence-electron chi connectivity index (χ0n) is 17.4. The molecule has 6 nitrogen and oxygen atoms in total. The van der Waals surface area contributed by atoms with E-state index in [1.54, 1.807) is 12.1 Å². The van der Waals surface area contributed by atoms with Gasteiger partial charge >= 0.3 is 0 Å². The molecule has 0 bridgehead atoms. The van der Waals surface area contributed by atoms with Gasteiger partial charge in [-0.05, 0) is 44.7 Å². The summed E-state index contributed by atoms with van der Waals surface area (Å²) in [7, 11) is 2.05. The molecule has 0 radical (unpaired) electrons. The molecule has 2 aromatic rings. The lowest BCUT2D eigenvalue weighted by atomic mass is 10.1. The van der Waals surface area contributed by atoms with Crippen molar-refractivity contribution in [1.29, 1.82) is 0 Å². The lowest BCUT2D eigenvalue weighted by molar-refractivity contribution is -0.122. The molecule has 1 atom stereocenters. The molecule has 0 aliphatic carbocycles. The first-order chi connectivity index (χ1) is 14.0. The van der Waals surface area contributed by atoms with Gasteiger partial charge in [-0.3, -0.25) is 9.59 Å². The van der Waals surface area contributed by atoms with Gasteiger partial charge in [0.25, 0.3) is 11.8 Å². The van der Waals surface area contributed by atoms with Crippen molar-refractivity contribution in [3.63, 3.8) is 0 Å². The summed E-state index contributed by atoms with van der Waals surface area (Å²) in [6.07, 6.45) is -0.113. The number of para-hydroxylation sites is 1. The first-order valence-corrected chi connectivity index (χ1v) is 10.1. The Bertz CT molecular complexity index is 843. The molecular formula is C23H29N3O3. The summed E-state index contributed by atoms with van der Waals surface area (Å²) in [5.41, 5.74) is 2.16. The van der Waals surface area contributed by atoms with Crippen molar-refractivity contribution in [3.05, 3.63) is 59.7 Å². The highest BCUT2D eigenvalue weighted by molar-refractivity contribution is 6.04. The molecule has 1 aliphatic rings. The van der Waals surface area contributed by atoms with Crippen LogP contribution in [-0.2, 0) is 4.79 Å². The van der Waals surface area contributed by atoms with Gasteiger partial charge in [0.05, 0.1) is 11.3 Å². The summed E-state index contributed by atoms with van der Waals surface area (Å²) in [6.45, 7) is 6.98.